The minimum Gasteiger partial charge on any atom is -0.507 e. The second kappa shape index (κ2) is 32.3. The van der Waals surface area contributed by atoms with Crippen molar-refractivity contribution < 1.29 is 73.2 Å². The number of ketones is 1. The SMILES string of the molecule is CCCSc1nnc(COc2ccccc2C2=NOC(c3ccc(Cl)cc3Cl)C2)n1NC(=O)c1ccccc1.CO[C@H]1/C=C/O[C@@]2(C)Oc3c(C)c(O)c4c(O)c(c(/C=N/N5CCN(C)CC5)c(O)c4c3C2=O)NC(=O)/C(C)=C\C=C\[C@H](C)[C@H](O)[C@@H](C)[C@@H](O)[C@@H](C)[C@H](OC(C)=O)[C@@H]1C. The van der Waals surface area contributed by atoms with Gasteiger partial charge < -0.3 is 64.3 Å². The van der Waals surface area contributed by atoms with E-state index < -0.39 is 88.8 Å². The largest absolute Gasteiger partial charge is 0.507 e. The number of para-hydroxylation sites is 1. The van der Waals surface area contributed by atoms with Gasteiger partial charge in [0, 0.05) is 126 Å². The van der Waals surface area contributed by atoms with Crippen LogP contribution in [-0.2, 0) is 35.2 Å². The molecule has 11 rings (SSSR count). The number of aromatic hydroxyl groups is 3. The molecule has 1 unspecified atom stereocenters. The van der Waals surface area contributed by atoms with Crippen LogP contribution in [0.5, 0.6) is 28.7 Å². The molecule has 0 radical (unpaired) electrons. The minimum absolute atomic E-state index is 0.0559. The maximum Gasteiger partial charge on any atom is 0.312 e. The molecule has 1 aromatic heterocycles. The number of oxime groups is 1. The maximum atomic E-state index is 14.4. The molecule has 522 valence electrons. The van der Waals surface area contributed by atoms with Crippen LogP contribution in [0.15, 0.2) is 124 Å². The highest BCUT2D eigenvalue weighted by molar-refractivity contribution is 7.99. The third kappa shape index (κ3) is 16.4. The monoisotopic (exact) mass is 1400 g/mol. The lowest BCUT2D eigenvalue weighted by molar-refractivity contribution is -0.160. The Bertz CT molecular complexity index is 4080. The van der Waals surface area contributed by atoms with E-state index in [1.807, 2.05) is 55.6 Å². The Labute approximate surface area is 582 Å². The molecular formula is C71H83Cl2N9O15S. The molecular weight excluding hydrogens is 1320 g/mol. The van der Waals surface area contributed by atoms with E-state index in [0.717, 1.165) is 42.1 Å². The van der Waals surface area contributed by atoms with Crippen molar-refractivity contribution in [3.63, 3.8) is 0 Å². The summed E-state index contributed by atoms with van der Waals surface area (Å²) in [5.41, 5.74) is 5.44. The number of anilines is 1. The van der Waals surface area contributed by atoms with Crippen LogP contribution < -0.4 is 20.2 Å². The van der Waals surface area contributed by atoms with Gasteiger partial charge in [0.15, 0.2) is 17.7 Å². The molecule has 1 fully saturated rings. The molecule has 98 heavy (non-hydrogen) atoms. The number of phenolic OH excluding ortho intramolecular Hbond substituents is 3. The number of likely N-dealkylation sites (N-methyl/N-ethyl adjacent to an activating group) is 1. The maximum absolute atomic E-state index is 14.4. The van der Waals surface area contributed by atoms with Crippen molar-refractivity contribution in [3.05, 3.63) is 158 Å². The molecule has 5 aliphatic heterocycles. The van der Waals surface area contributed by atoms with Crippen LogP contribution in [0.2, 0.25) is 10.0 Å². The first-order chi connectivity index (χ1) is 46.8. The highest BCUT2D eigenvalue weighted by atomic mass is 35.5. The molecule has 0 spiro atoms. The predicted octanol–water partition coefficient (Wildman–Crippen LogP) is 11.3. The van der Waals surface area contributed by atoms with Gasteiger partial charge in [-0.15, -0.1) is 10.2 Å². The number of halogens is 2. The van der Waals surface area contributed by atoms with Gasteiger partial charge in [-0.2, -0.15) is 5.10 Å². The smallest absolute Gasteiger partial charge is 0.312 e. The summed E-state index contributed by atoms with van der Waals surface area (Å²) in [4.78, 5) is 61.2. The molecule has 6 heterocycles. The number of esters is 1. The van der Waals surface area contributed by atoms with E-state index in [2.05, 4.69) is 43.0 Å². The number of ether oxygens (including phenoxy) is 5. The van der Waals surface area contributed by atoms with Crippen molar-refractivity contribution in [2.45, 2.75) is 123 Å². The van der Waals surface area contributed by atoms with Crippen LogP contribution in [0, 0.1) is 30.6 Å². The number of methoxy groups -OCH3 is 1. The molecule has 27 heteroatoms. The molecule has 6 aromatic rings. The number of hydrogen-bond acceptors (Lipinski definition) is 22. The number of benzene rings is 5. The number of carbonyl (C=O) groups is 4. The highest BCUT2D eigenvalue weighted by Crippen LogP contribution is 2.55. The lowest BCUT2D eigenvalue weighted by Gasteiger charge is -2.38. The van der Waals surface area contributed by atoms with E-state index in [-0.39, 0.29) is 63.1 Å². The van der Waals surface area contributed by atoms with Gasteiger partial charge >= 0.3 is 11.8 Å². The topological polar surface area (TPSA) is 311 Å². The zero-order chi connectivity index (χ0) is 70.9. The Morgan fingerprint density at radius 2 is 1.61 bits per heavy atom. The van der Waals surface area contributed by atoms with Gasteiger partial charge in [-0.05, 0) is 69.8 Å². The summed E-state index contributed by atoms with van der Waals surface area (Å²) in [5.74, 6) is -6.70. The lowest BCUT2D eigenvalue weighted by Crippen LogP contribution is -2.46. The molecule has 0 aliphatic carbocycles. The quantitative estimate of drug-likeness (QED) is 0.0175. The van der Waals surface area contributed by atoms with Gasteiger partial charge in [0.05, 0.1) is 58.7 Å². The van der Waals surface area contributed by atoms with Crippen molar-refractivity contribution in [1.82, 2.24) is 24.8 Å². The molecule has 10 atom stereocenters. The number of Topliss-reactive ketones (excluding diaryl/α,β-unsaturated/α-hetero) is 1. The van der Waals surface area contributed by atoms with E-state index in [1.54, 1.807) is 73.8 Å². The van der Waals surface area contributed by atoms with Crippen LogP contribution in [0.1, 0.15) is 123 Å². The Morgan fingerprint density at radius 3 is 2.31 bits per heavy atom. The standard InChI is InChI=1S/C43H58N4O12.C28H25Cl2N5O3S/c1-21-12-11-13-22(2)42(55)45-33-28(20-44-47-17-15-46(9)16-18-47)37(52)30-31(38(33)53)36(51)26(6)40-32(30)41(54)43(8,59-40)57-19-14-29(56-10)23(3)39(58-27(7)48)25(5)35(50)24(4)34(21)49;1-2-14-39-28-32-31-26(35(28)33-27(36)18-8-4-3-5-9-18)17-37-24-11-7-6-10-21(24)23-16-25(38-34-23)20-13-12-19(29)15-22(20)30/h11-14,19-21,23-25,29,34-35,39,49-53H,15-18H2,1-10H3,(H,45,55);3-13,15,25H,2,14,16-17H2,1H3,(H,33,36)/b12-11+,19-14+,22-13-,44-20+;/t21-,23+,24+,25+,29-,34-,35+,39+,43-;/m0./s1. The van der Waals surface area contributed by atoms with Crippen molar-refractivity contribution in [2.24, 2.45) is 33.9 Å². The van der Waals surface area contributed by atoms with Crippen molar-refractivity contribution >= 4 is 86.9 Å². The number of aromatic nitrogens is 3. The fraction of sp³-hybridized carbons (Fsp3) is 0.408. The number of amides is 2. The number of carbonyl (C=O) groups excluding carboxylic acids is 4. The van der Waals surface area contributed by atoms with E-state index >= 15 is 0 Å². The number of phenols is 3. The number of hydrogen-bond donors (Lipinski definition) is 7. The summed E-state index contributed by atoms with van der Waals surface area (Å²) < 4.78 is 31.4. The Balaban J connectivity index is 0.000000248. The second-order valence-electron chi connectivity index (χ2n) is 24.8. The normalized spacial score (nSPS) is 25.1. The summed E-state index contributed by atoms with van der Waals surface area (Å²) in [5, 5.41) is 81.4. The predicted molar refractivity (Wildman–Crippen MR) is 374 cm³/mol. The van der Waals surface area contributed by atoms with Gasteiger partial charge in [-0.1, -0.05) is 129 Å². The molecule has 0 saturated carbocycles. The zero-order valence-corrected chi connectivity index (χ0v) is 58.7. The van der Waals surface area contributed by atoms with Crippen LogP contribution in [-0.4, -0.2) is 162 Å². The molecule has 7 N–H and O–H groups in total. The molecule has 24 nitrogen and oxygen atoms in total. The number of fused-ring (bicyclic) bond motifs is 14. The number of thioether (sulfide) groups is 1. The van der Waals surface area contributed by atoms with Crippen molar-refractivity contribution in [2.75, 3.05) is 56.8 Å². The summed E-state index contributed by atoms with van der Waals surface area (Å²) in [6, 6.07) is 21.9. The average Bonchev–Trinajstić information content (AvgIpc) is 1.46. The second-order valence-corrected chi connectivity index (χ2v) is 26.7. The van der Waals surface area contributed by atoms with E-state index in [0.29, 0.717) is 51.8 Å². The number of piperazine rings is 1. The van der Waals surface area contributed by atoms with E-state index in [1.165, 1.54) is 71.2 Å². The van der Waals surface area contributed by atoms with Gasteiger partial charge in [0.1, 0.15) is 35.7 Å². The summed E-state index contributed by atoms with van der Waals surface area (Å²) in [6.07, 6.45) is 6.00. The number of nitrogens with zero attached hydrogens (tertiary/aromatic N) is 7. The first-order valence-electron chi connectivity index (χ1n) is 32.2. The van der Waals surface area contributed by atoms with Crippen molar-refractivity contribution in [1.29, 1.82) is 0 Å². The van der Waals surface area contributed by atoms with Crippen molar-refractivity contribution in [3.8, 4) is 28.7 Å². The molecule has 1 saturated heterocycles. The number of aliphatic hydroxyl groups is 2. The van der Waals surface area contributed by atoms with Gasteiger partial charge in [-0.3, -0.25) is 29.6 Å². The average molecular weight is 1410 g/mol. The minimum atomic E-state index is -2.04. The first kappa shape index (κ1) is 73.6. The zero-order valence-electron chi connectivity index (χ0n) is 56.4. The fourth-order valence-corrected chi connectivity index (χ4v) is 13.2. The molecule has 5 aromatic carbocycles. The first-order valence-corrected chi connectivity index (χ1v) is 33.9. The molecule has 5 aliphatic rings. The van der Waals surface area contributed by atoms with Crippen LogP contribution >= 0.6 is 35.0 Å². The number of nitrogens with one attached hydrogen (secondary N) is 2. The van der Waals surface area contributed by atoms with Crippen LogP contribution in [0.4, 0.5) is 5.69 Å². The number of aliphatic hydroxyl groups excluding tert-OH is 2. The Morgan fingerprint density at radius 1 is 0.898 bits per heavy atom. The van der Waals surface area contributed by atoms with Gasteiger partial charge in [0.2, 0.25) is 5.16 Å². The number of allylic oxidation sites excluding steroid dienone is 2. The fourth-order valence-electron chi connectivity index (χ4n) is 11.9. The van der Waals surface area contributed by atoms with Gasteiger partial charge in [-0.25, -0.2) is 4.68 Å². The molecule has 2 amide bonds. The molecule has 5 bridgehead atoms. The summed E-state index contributed by atoms with van der Waals surface area (Å²) in [6.45, 7) is 17.2. The third-order valence-corrected chi connectivity index (χ3v) is 19.5. The van der Waals surface area contributed by atoms with E-state index in [4.69, 9.17) is 51.7 Å². The Kier molecular flexibility index (Phi) is 24.3. The third-order valence-electron chi connectivity index (χ3n) is 17.8. The van der Waals surface area contributed by atoms with Crippen LogP contribution in [0.25, 0.3) is 10.8 Å². The number of hydrazone groups is 1. The van der Waals surface area contributed by atoms with Gasteiger partial charge in [0.25, 0.3) is 17.6 Å². The van der Waals surface area contributed by atoms with Crippen LogP contribution in [0.3, 0.4) is 0 Å². The lowest BCUT2D eigenvalue weighted by atomic mass is 9.78. The Hall–Kier alpha value is -8.69. The highest BCUT2D eigenvalue weighted by Gasteiger charge is 2.50. The van der Waals surface area contributed by atoms with E-state index in [9.17, 15) is 44.7 Å². The summed E-state index contributed by atoms with van der Waals surface area (Å²) in [7, 11) is 3.42. The summed E-state index contributed by atoms with van der Waals surface area (Å²) >= 11 is 13.9. The number of rotatable bonds is 14.